The topological polar surface area (TPSA) is 46.5 Å². The second-order valence-electron chi connectivity index (χ2n) is 6.28. The lowest BCUT2D eigenvalue weighted by molar-refractivity contribution is -0.144. The Morgan fingerprint density at radius 1 is 0.833 bits per heavy atom. The van der Waals surface area contributed by atoms with Crippen LogP contribution in [0.4, 0.5) is 0 Å². The maximum Gasteiger partial charge on any atom is 0.305 e. The Balaban J connectivity index is 3.24. The van der Waals surface area contributed by atoms with E-state index in [-0.39, 0.29) is 12.6 Å². The molecule has 0 spiro atoms. The van der Waals surface area contributed by atoms with E-state index in [0.29, 0.717) is 19.4 Å². The summed E-state index contributed by atoms with van der Waals surface area (Å²) in [6, 6.07) is 0. The number of carbonyl (C=O) groups is 1. The van der Waals surface area contributed by atoms with Crippen molar-refractivity contribution in [3.63, 3.8) is 0 Å². The molecular formula is C21H38O3. The number of aliphatic hydroxyl groups is 1. The van der Waals surface area contributed by atoms with Gasteiger partial charge in [0, 0.05) is 19.4 Å². The zero-order valence-corrected chi connectivity index (χ0v) is 15.7. The number of hydrogen-bond donors (Lipinski definition) is 1. The quantitative estimate of drug-likeness (QED) is 0.209. The minimum Gasteiger partial charge on any atom is -0.466 e. The third-order valence-electron chi connectivity index (χ3n) is 3.90. The molecule has 0 unspecified atom stereocenters. The molecule has 1 N–H and O–H groups in total. The molecule has 140 valence electrons. The van der Waals surface area contributed by atoms with Crippen LogP contribution in [-0.4, -0.2) is 24.3 Å². The SMILES string of the molecule is CCCCC/C=C\C/C=C\CCCCCCCC(=O)OCCCO. The summed E-state index contributed by atoms with van der Waals surface area (Å²) in [7, 11) is 0. The fourth-order valence-electron chi connectivity index (χ4n) is 2.40. The Hall–Kier alpha value is -1.09. The molecule has 0 aliphatic rings. The van der Waals surface area contributed by atoms with Crippen molar-refractivity contribution in [1.29, 1.82) is 0 Å². The van der Waals surface area contributed by atoms with Crippen molar-refractivity contribution in [3.05, 3.63) is 24.3 Å². The first-order valence-corrected chi connectivity index (χ1v) is 9.87. The highest BCUT2D eigenvalue weighted by atomic mass is 16.5. The number of ether oxygens (including phenoxy) is 1. The molecule has 0 rings (SSSR count). The molecule has 0 aliphatic carbocycles. The van der Waals surface area contributed by atoms with Crippen LogP contribution in [0.15, 0.2) is 24.3 Å². The van der Waals surface area contributed by atoms with E-state index in [2.05, 4.69) is 31.2 Å². The van der Waals surface area contributed by atoms with Crippen molar-refractivity contribution in [2.24, 2.45) is 0 Å². The van der Waals surface area contributed by atoms with E-state index in [0.717, 1.165) is 25.7 Å². The minimum absolute atomic E-state index is 0.0803. The average molecular weight is 339 g/mol. The van der Waals surface area contributed by atoms with Gasteiger partial charge in [0.15, 0.2) is 0 Å². The first kappa shape index (κ1) is 22.9. The van der Waals surface area contributed by atoms with Crippen LogP contribution >= 0.6 is 0 Å². The highest BCUT2D eigenvalue weighted by Gasteiger charge is 2.01. The molecule has 0 atom stereocenters. The third kappa shape index (κ3) is 19.0. The number of aliphatic hydroxyl groups excluding tert-OH is 1. The van der Waals surface area contributed by atoms with Crippen LogP contribution in [0.25, 0.3) is 0 Å². The zero-order chi connectivity index (χ0) is 17.7. The van der Waals surface area contributed by atoms with Gasteiger partial charge in [0.25, 0.3) is 0 Å². The van der Waals surface area contributed by atoms with Gasteiger partial charge in [-0.2, -0.15) is 0 Å². The predicted octanol–water partition coefficient (Wildman–Crippen LogP) is 5.73. The second kappa shape index (κ2) is 20.0. The largest absolute Gasteiger partial charge is 0.466 e. The molecular weight excluding hydrogens is 300 g/mol. The summed E-state index contributed by atoms with van der Waals surface area (Å²) in [4.78, 5) is 11.3. The Morgan fingerprint density at radius 2 is 1.46 bits per heavy atom. The lowest BCUT2D eigenvalue weighted by atomic mass is 10.1. The molecule has 0 saturated heterocycles. The predicted molar refractivity (Wildman–Crippen MR) is 102 cm³/mol. The van der Waals surface area contributed by atoms with Crippen molar-refractivity contribution in [1.82, 2.24) is 0 Å². The first-order valence-electron chi connectivity index (χ1n) is 9.87. The van der Waals surface area contributed by atoms with Gasteiger partial charge in [-0.05, 0) is 38.5 Å². The molecule has 3 nitrogen and oxygen atoms in total. The number of hydrogen-bond acceptors (Lipinski definition) is 3. The number of carbonyl (C=O) groups excluding carboxylic acids is 1. The van der Waals surface area contributed by atoms with Gasteiger partial charge in [-0.3, -0.25) is 4.79 Å². The highest BCUT2D eigenvalue weighted by Crippen LogP contribution is 2.08. The standard InChI is InChI=1S/C21H38O3/c1-2-3-4-5-6-7-8-9-10-11-12-13-14-15-16-18-21(23)24-20-17-19-22/h6-7,9-10,22H,2-5,8,11-20H2,1H3/b7-6-,10-9-. The summed E-state index contributed by atoms with van der Waals surface area (Å²) in [6.07, 6.45) is 23.2. The van der Waals surface area contributed by atoms with Crippen LogP contribution in [0.2, 0.25) is 0 Å². The maximum absolute atomic E-state index is 11.3. The van der Waals surface area contributed by atoms with E-state index in [1.807, 2.05) is 0 Å². The van der Waals surface area contributed by atoms with Crippen LogP contribution in [0.3, 0.4) is 0 Å². The molecule has 0 aliphatic heterocycles. The van der Waals surface area contributed by atoms with E-state index in [4.69, 9.17) is 9.84 Å². The molecule has 0 heterocycles. The third-order valence-corrected chi connectivity index (χ3v) is 3.90. The maximum atomic E-state index is 11.3. The van der Waals surface area contributed by atoms with E-state index in [1.54, 1.807) is 0 Å². The lowest BCUT2D eigenvalue weighted by Gasteiger charge is -2.03. The van der Waals surface area contributed by atoms with Crippen LogP contribution < -0.4 is 0 Å². The molecule has 0 aromatic rings. The molecule has 0 amide bonds. The lowest BCUT2D eigenvalue weighted by Crippen LogP contribution is -2.06. The molecule has 0 bridgehead atoms. The van der Waals surface area contributed by atoms with E-state index in [9.17, 15) is 4.79 Å². The van der Waals surface area contributed by atoms with Crippen molar-refractivity contribution in [3.8, 4) is 0 Å². The first-order chi connectivity index (χ1) is 11.8. The Kier molecular flexibility index (Phi) is 19.0. The van der Waals surface area contributed by atoms with Crippen molar-refractivity contribution >= 4 is 5.97 Å². The van der Waals surface area contributed by atoms with Gasteiger partial charge in [-0.15, -0.1) is 0 Å². The van der Waals surface area contributed by atoms with Crippen LogP contribution in [0.5, 0.6) is 0 Å². The number of allylic oxidation sites excluding steroid dienone is 4. The van der Waals surface area contributed by atoms with E-state index < -0.39 is 0 Å². The van der Waals surface area contributed by atoms with Gasteiger partial charge in [0.2, 0.25) is 0 Å². The Labute approximate surface area is 149 Å². The Morgan fingerprint density at radius 3 is 2.12 bits per heavy atom. The summed E-state index contributed by atoms with van der Waals surface area (Å²) < 4.78 is 4.99. The summed E-state index contributed by atoms with van der Waals surface area (Å²) in [6.45, 7) is 2.66. The Bertz CT molecular complexity index is 321. The normalized spacial score (nSPS) is 11.6. The number of esters is 1. The molecule has 0 saturated carbocycles. The van der Waals surface area contributed by atoms with E-state index >= 15 is 0 Å². The van der Waals surface area contributed by atoms with Gasteiger partial charge < -0.3 is 9.84 Å². The number of unbranched alkanes of at least 4 members (excludes halogenated alkanes) is 8. The monoisotopic (exact) mass is 338 g/mol. The molecule has 0 aromatic carbocycles. The summed E-state index contributed by atoms with van der Waals surface area (Å²) in [5.41, 5.74) is 0. The minimum atomic E-state index is -0.130. The smallest absolute Gasteiger partial charge is 0.305 e. The molecule has 0 fully saturated rings. The van der Waals surface area contributed by atoms with Crippen LogP contribution in [-0.2, 0) is 9.53 Å². The summed E-state index contributed by atoms with van der Waals surface area (Å²) in [5, 5.41) is 8.60. The molecule has 24 heavy (non-hydrogen) atoms. The van der Waals surface area contributed by atoms with Gasteiger partial charge in [-0.25, -0.2) is 0 Å². The van der Waals surface area contributed by atoms with Gasteiger partial charge in [-0.1, -0.05) is 63.3 Å². The van der Waals surface area contributed by atoms with Crippen LogP contribution in [0, 0.1) is 0 Å². The fourth-order valence-corrected chi connectivity index (χ4v) is 2.40. The highest BCUT2D eigenvalue weighted by molar-refractivity contribution is 5.69. The second-order valence-corrected chi connectivity index (χ2v) is 6.28. The summed E-state index contributed by atoms with van der Waals surface area (Å²) >= 11 is 0. The van der Waals surface area contributed by atoms with Crippen molar-refractivity contribution in [2.75, 3.05) is 13.2 Å². The summed E-state index contributed by atoms with van der Waals surface area (Å²) in [5.74, 6) is -0.130. The van der Waals surface area contributed by atoms with E-state index in [1.165, 1.54) is 44.9 Å². The van der Waals surface area contributed by atoms with Gasteiger partial charge >= 0.3 is 5.97 Å². The fraction of sp³-hybridized carbons (Fsp3) is 0.762. The molecule has 3 heteroatoms. The van der Waals surface area contributed by atoms with Gasteiger partial charge in [0.05, 0.1) is 6.61 Å². The van der Waals surface area contributed by atoms with Gasteiger partial charge in [0.1, 0.15) is 0 Å². The number of rotatable bonds is 17. The zero-order valence-electron chi connectivity index (χ0n) is 15.7. The van der Waals surface area contributed by atoms with Crippen LogP contribution in [0.1, 0.15) is 90.4 Å². The molecule has 0 aromatic heterocycles. The van der Waals surface area contributed by atoms with Crippen molar-refractivity contribution in [2.45, 2.75) is 90.4 Å². The molecule has 0 radical (unpaired) electrons. The average Bonchev–Trinajstić information content (AvgIpc) is 2.58. The van der Waals surface area contributed by atoms with Crippen molar-refractivity contribution < 1.29 is 14.6 Å².